The lowest BCUT2D eigenvalue weighted by atomic mass is 10.1. The molecule has 0 spiro atoms. The van der Waals surface area contributed by atoms with Crippen LogP contribution in [0.4, 0.5) is 11.4 Å². The Kier molecular flexibility index (Phi) is 8.06. The number of carbonyl (C=O) groups is 2. The number of benzene rings is 2. The number of carbonyl (C=O) groups excluding carboxylic acids is 2. The molecule has 0 fully saturated rings. The van der Waals surface area contributed by atoms with Gasteiger partial charge in [-0.3, -0.25) is 9.59 Å². The predicted molar refractivity (Wildman–Crippen MR) is 125 cm³/mol. The SMILES string of the molecule is CC(=O)Nc1cc(S(=O)(=O)c2cc(CN(C)C)c(O)c(NC(C)=O)c2)cc(CN(C)C)c1O. The fourth-order valence-electron chi connectivity index (χ4n) is 3.27. The average Bonchev–Trinajstić information content (AvgIpc) is 2.66. The number of sulfone groups is 1. The highest BCUT2D eigenvalue weighted by Gasteiger charge is 2.25. The monoisotopic (exact) mass is 478 g/mol. The molecule has 10 nitrogen and oxygen atoms in total. The fraction of sp³-hybridized carbons (Fsp3) is 0.364. The van der Waals surface area contributed by atoms with Crippen molar-refractivity contribution in [2.24, 2.45) is 0 Å². The summed E-state index contributed by atoms with van der Waals surface area (Å²) in [6.07, 6.45) is 0. The van der Waals surface area contributed by atoms with Gasteiger partial charge in [0, 0.05) is 38.1 Å². The van der Waals surface area contributed by atoms with Crippen LogP contribution >= 0.6 is 0 Å². The number of hydrogen-bond donors (Lipinski definition) is 4. The Morgan fingerprint density at radius 2 is 1.09 bits per heavy atom. The smallest absolute Gasteiger partial charge is 0.221 e. The third-order valence-corrected chi connectivity index (χ3v) is 6.25. The van der Waals surface area contributed by atoms with Crippen LogP contribution in [0.25, 0.3) is 0 Å². The number of amides is 2. The molecule has 2 aromatic carbocycles. The quantitative estimate of drug-likeness (QED) is 0.422. The molecule has 180 valence electrons. The summed E-state index contributed by atoms with van der Waals surface area (Å²) in [6.45, 7) is 2.94. The molecule has 2 rings (SSSR count). The van der Waals surface area contributed by atoms with Crippen molar-refractivity contribution in [3.05, 3.63) is 35.4 Å². The van der Waals surface area contributed by atoms with Crippen molar-refractivity contribution < 1.29 is 28.2 Å². The van der Waals surface area contributed by atoms with E-state index < -0.39 is 21.7 Å². The lowest BCUT2D eigenvalue weighted by molar-refractivity contribution is -0.115. The summed E-state index contributed by atoms with van der Waals surface area (Å²) >= 11 is 0. The Morgan fingerprint density at radius 1 is 0.758 bits per heavy atom. The number of anilines is 2. The van der Waals surface area contributed by atoms with Gasteiger partial charge in [0.2, 0.25) is 21.7 Å². The van der Waals surface area contributed by atoms with Crippen molar-refractivity contribution in [3.63, 3.8) is 0 Å². The van der Waals surface area contributed by atoms with Gasteiger partial charge >= 0.3 is 0 Å². The summed E-state index contributed by atoms with van der Waals surface area (Å²) in [5.41, 5.74) is 0.544. The number of phenolic OH excluding ortho intramolecular Hbond substituents is 2. The van der Waals surface area contributed by atoms with Crippen molar-refractivity contribution in [3.8, 4) is 11.5 Å². The Hall–Kier alpha value is -3.15. The van der Waals surface area contributed by atoms with Crippen LogP contribution in [0, 0.1) is 0 Å². The zero-order valence-electron chi connectivity index (χ0n) is 19.6. The molecule has 0 aliphatic carbocycles. The minimum Gasteiger partial charge on any atom is -0.505 e. The van der Waals surface area contributed by atoms with E-state index in [1.807, 2.05) is 0 Å². The molecule has 0 aromatic heterocycles. The van der Waals surface area contributed by atoms with E-state index in [0.29, 0.717) is 11.1 Å². The number of aromatic hydroxyl groups is 2. The minimum absolute atomic E-state index is 0.0326. The van der Waals surface area contributed by atoms with Crippen molar-refractivity contribution in [1.29, 1.82) is 0 Å². The summed E-state index contributed by atoms with van der Waals surface area (Å²) in [5, 5.41) is 26.0. The highest BCUT2D eigenvalue weighted by Crippen LogP contribution is 2.37. The Labute approximate surface area is 193 Å². The van der Waals surface area contributed by atoms with Gasteiger partial charge in [-0.15, -0.1) is 0 Å². The molecular weight excluding hydrogens is 448 g/mol. The van der Waals surface area contributed by atoms with Crippen LogP contribution in [-0.4, -0.2) is 68.4 Å². The maximum atomic E-state index is 13.6. The number of phenols is 2. The van der Waals surface area contributed by atoms with Crippen molar-refractivity contribution in [2.45, 2.75) is 36.7 Å². The first-order chi connectivity index (χ1) is 15.2. The van der Waals surface area contributed by atoms with Gasteiger partial charge in [0.25, 0.3) is 0 Å². The van der Waals surface area contributed by atoms with E-state index in [1.54, 1.807) is 38.0 Å². The molecule has 0 bridgehead atoms. The van der Waals surface area contributed by atoms with Crippen molar-refractivity contribution in [2.75, 3.05) is 38.8 Å². The van der Waals surface area contributed by atoms with Gasteiger partial charge in [-0.1, -0.05) is 0 Å². The molecule has 0 radical (unpaired) electrons. The van der Waals surface area contributed by atoms with E-state index in [2.05, 4.69) is 10.6 Å². The van der Waals surface area contributed by atoms with Gasteiger partial charge in [0.1, 0.15) is 11.5 Å². The summed E-state index contributed by atoms with van der Waals surface area (Å²) in [4.78, 5) is 26.4. The molecule has 0 heterocycles. The molecule has 0 aliphatic heterocycles. The topological polar surface area (TPSA) is 139 Å². The van der Waals surface area contributed by atoms with E-state index in [1.165, 1.54) is 38.1 Å². The number of rotatable bonds is 8. The summed E-state index contributed by atoms with van der Waals surface area (Å²) in [7, 11) is 2.86. The van der Waals surface area contributed by atoms with Gasteiger partial charge < -0.3 is 30.6 Å². The summed E-state index contributed by atoms with van der Waals surface area (Å²) in [6, 6.07) is 5.04. The molecule has 0 atom stereocenters. The highest BCUT2D eigenvalue weighted by molar-refractivity contribution is 7.91. The number of nitrogens with one attached hydrogen (secondary N) is 2. The molecule has 0 aliphatic rings. The zero-order chi connectivity index (χ0) is 25.1. The third kappa shape index (κ3) is 6.44. The van der Waals surface area contributed by atoms with Crippen molar-refractivity contribution >= 4 is 33.0 Å². The van der Waals surface area contributed by atoms with Crippen LogP contribution in [0.15, 0.2) is 34.1 Å². The molecule has 2 aromatic rings. The average molecular weight is 479 g/mol. The minimum atomic E-state index is -4.17. The van der Waals surface area contributed by atoms with Crippen LogP contribution in [-0.2, 0) is 32.5 Å². The van der Waals surface area contributed by atoms with Gasteiger partial charge in [-0.2, -0.15) is 0 Å². The van der Waals surface area contributed by atoms with Crippen LogP contribution in [0.3, 0.4) is 0 Å². The van der Waals surface area contributed by atoms with Gasteiger partial charge in [0.05, 0.1) is 21.2 Å². The predicted octanol–water partition coefficient (Wildman–Crippen LogP) is 1.97. The highest BCUT2D eigenvalue weighted by atomic mass is 32.2. The summed E-state index contributed by atoms with van der Waals surface area (Å²) in [5.74, 6) is -1.39. The third-order valence-electron chi connectivity index (χ3n) is 4.54. The van der Waals surface area contributed by atoms with Crippen LogP contribution in [0.2, 0.25) is 0 Å². The van der Waals surface area contributed by atoms with Crippen LogP contribution < -0.4 is 10.6 Å². The molecule has 11 heteroatoms. The largest absolute Gasteiger partial charge is 0.505 e. The number of hydrogen-bond acceptors (Lipinski definition) is 8. The second-order valence-electron chi connectivity index (χ2n) is 8.30. The second kappa shape index (κ2) is 10.2. The lowest BCUT2D eigenvalue weighted by Gasteiger charge is -2.18. The van der Waals surface area contributed by atoms with E-state index in [0.717, 1.165) is 0 Å². The maximum absolute atomic E-state index is 13.6. The standard InChI is InChI=1S/C22H30N4O6S/c1-13(27)23-19-9-17(7-15(21(19)29)11-25(3)4)33(31,32)18-8-16(12-26(5)6)22(30)20(10-18)24-14(2)28/h7-10,29-30H,11-12H2,1-6H3,(H,23,27)(H,24,28). The fourth-order valence-corrected chi connectivity index (χ4v) is 4.68. The van der Waals surface area contributed by atoms with E-state index in [-0.39, 0.29) is 45.8 Å². The molecule has 33 heavy (non-hydrogen) atoms. The first-order valence-electron chi connectivity index (χ1n) is 10.0. The molecule has 2 amide bonds. The summed E-state index contributed by atoms with van der Waals surface area (Å²) < 4.78 is 27.2. The molecular formula is C22H30N4O6S. The normalized spacial score (nSPS) is 11.6. The maximum Gasteiger partial charge on any atom is 0.221 e. The Morgan fingerprint density at radius 3 is 1.36 bits per heavy atom. The first-order valence-corrected chi connectivity index (χ1v) is 11.5. The molecule has 0 saturated carbocycles. The second-order valence-corrected chi connectivity index (χ2v) is 10.2. The van der Waals surface area contributed by atoms with Crippen LogP contribution in [0.1, 0.15) is 25.0 Å². The number of nitrogens with zero attached hydrogens (tertiary/aromatic N) is 2. The molecule has 0 saturated heterocycles. The molecule has 0 unspecified atom stereocenters. The van der Waals surface area contributed by atoms with Crippen molar-refractivity contribution in [1.82, 2.24) is 9.80 Å². The lowest BCUT2D eigenvalue weighted by Crippen LogP contribution is -2.15. The van der Waals surface area contributed by atoms with E-state index >= 15 is 0 Å². The van der Waals surface area contributed by atoms with Crippen LogP contribution in [0.5, 0.6) is 11.5 Å². The van der Waals surface area contributed by atoms with E-state index in [9.17, 15) is 28.2 Å². The zero-order valence-corrected chi connectivity index (χ0v) is 20.4. The first kappa shape index (κ1) is 26.1. The Balaban J connectivity index is 2.76. The van der Waals surface area contributed by atoms with Gasteiger partial charge in [-0.25, -0.2) is 8.42 Å². The Bertz CT molecular complexity index is 1090. The van der Waals surface area contributed by atoms with Gasteiger partial charge in [0.15, 0.2) is 0 Å². The molecule has 4 N–H and O–H groups in total. The van der Waals surface area contributed by atoms with Gasteiger partial charge in [-0.05, 0) is 52.5 Å². The van der Waals surface area contributed by atoms with E-state index in [4.69, 9.17) is 0 Å².